The second-order valence-electron chi connectivity index (χ2n) is 5.06. The first kappa shape index (κ1) is 17.4. The maximum Gasteiger partial charge on any atom is 0.0667 e. The van der Waals surface area contributed by atoms with Gasteiger partial charge in [-0.1, -0.05) is 44.5 Å². The number of hydrogen-bond acceptors (Lipinski definition) is 3. The van der Waals surface area contributed by atoms with Gasteiger partial charge in [0.1, 0.15) is 0 Å². The van der Waals surface area contributed by atoms with Crippen molar-refractivity contribution >= 4 is 11.6 Å². The Balaban J connectivity index is 2.77. The van der Waals surface area contributed by atoms with E-state index < -0.39 is 5.54 Å². The number of likely N-dealkylation sites (N-methyl/N-ethyl adjacent to an activating group) is 1. The summed E-state index contributed by atoms with van der Waals surface area (Å²) in [5, 5.41) is 14.1. The minimum atomic E-state index is -0.405. The number of aliphatic hydroxyl groups excluding tert-OH is 1. The molecule has 0 aliphatic heterocycles. The molecule has 0 fully saturated rings. The summed E-state index contributed by atoms with van der Waals surface area (Å²) in [7, 11) is 0. The van der Waals surface area contributed by atoms with Crippen LogP contribution in [0, 0.1) is 0 Å². The third kappa shape index (κ3) is 4.45. The summed E-state index contributed by atoms with van der Waals surface area (Å²) in [5.41, 5.74) is 0.646. The molecule has 3 nitrogen and oxygen atoms in total. The molecule has 0 amide bonds. The Morgan fingerprint density at radius 1 is 1.25 bits per heavy atom. The fourth-order valence-corrected chi connectivity index (χ4v) is 2.66. The number of hydrogen-bond donors (Lipinski definition) is 2. The maximum atomic E-state index is 9.88. The van der Waals surface area contributed by atoms with Gasteiger partial charge >= 0.3 is 0 Å². The smallest absolute Gasteiger partial charge is 0.0667 e. The molecular formula is C16H27ClN2O. The molecule has 0 aromatic heterocycles. The number of nitrogens with zero attached hydrogens (tertiary/aromatic N) is 1. The lowest BCUT2D eigenvalue weighted by molar-refractivity contribution is 0.150. The average Bonchev–Trinajstić information content (AvgIpc) is 2.48. The van der Waals surface area contributed by atoms with Gasteiger partial charge in [-0.3, -0.25) is 0 Å². The first-order valence-electron chi connectivity index (χ1n) is 7.46. The number of rotatable bonds is 9. The van der Waals surface area contributed by atoms with Gasteiger partial charge in [-0.05, 0) is 37.2 Å². The zero-order valence-corrected chi connectivity index (χ0v) is 13.6. The molecule has 4 heteroatoms. The topological polar surface area (TPSA) is 35.5 Å². The van der Waals surface area contributed by atoms with E-state index in [4.69, 9.17) is 11.6 Å². The van der Waals surface area contributed by atoms with Gasteiger partial charge in [0.05, 0.1) is 12.1 Å². The Bertz CT molecular complexity index is 390. The Labute approximate surface area is 127 Å². The Kier molecular flexibility index (Phi) is 7.52. The SMILES string of the molecule is CCN(CC)CCNC(CC)(CO)c1cccc(Cl)c1. The van der Waals surface area contributed by atoms with Crippen LogP contribution in [0.4, 0.5) is 0 Å². The minimum absolute atomic E-state index is 0.0715. The predicted octanol–water partition coefficient (Wildman–Crippen LogP) is 2.87. The van der Waals surface area contributed by atoms with Crippen LogP contribution in [0.15, 0.2) is 24.3 Å². The van der Waals surface area contributed by atoms with Crippen LogP contribution in [0.1, 0.15) is 32.8 Å². The molecule has 0 spiro atoms. The van der Waals surface area contributed by atoms with Crippen LogP contribution in [-0.2, 0) is 5.54 Å². The van der Waals surface area contributed by atoms with E-state index in [0.29, 0.717) is 5.02 Å². The largest absolute Gasteiger partial charge is 0.394 e. The molecule has 1 aromatic rings. The van der Waals surface area contributed by atoms with Crippen molar-refractivity contribution in [3.05, 3.63) is 34.9 Å². The van der Waals surface area contributed by atoms with Crippen LogP contribution < -0.4 is 5.32 Å². The van der Waals surface area contributed by atoms with Crippen molar-refractivity contribution in [1.82, 2.24) is 10.2 Å². The molecule has 1 rings (SSSR count). The number of benzene rings is 1. The van der Waals surface area contributed by atoms with E-state index in [2.05, 4.69) is 31.0 Å². The lowest BCUT2D eigenvalue weighted by Crippen LogP contribution is -2.48. The van der Waals surface area contributed by atoms with E-state index in [1.165, 1.54) is 0 Å². The average molecular weight is 299 g/mol. The van der Waals surface area contributed by atoms with Crippen molar-refractivity contribution in [2.24, 2.45) is 0 Å². The van der Waals surface area contributed by atoms with Crippen LogP contribution in [0.5, 0.6) is 0 Å². The quantitative estimate of drug-likeness (QED) is 0.736. The monoisotopic (exact) mass is 298 g/mol. The first-order valence-corrected chi connectivity index (χ1v) is 7.84. The highest BCUT2D eigenvalue weighted by Gasteiger charge is 2.29. The summed E-state index contributed by atoms with van der Waals surface area (Å²) < 4.78 is 0. The molecule has 114 valence electrons. The molecule has 1 aromatic carbocycles. The standard InChI is InChI=1S/C16H27ClN2O/c1-4-16(13-20,14-8-7-9-15(17)12-14)18-10-11-19(5-2)6-3/h7-9,12,18,20H,4-6,10-11,13H2,1-3H3. The summed E-state index contributed by atoms with van der Waals surface area (Å²) in [6, 6.07) is 7.75. The lowest BCUT2D eigenvalue weighted by Gasteiger charge is -2.34. The van der Waals surface area contributed by atoms with E-state index in [9.17, 15) is 5.11 Å². The predicted molar refractivity (Wildman–Crippen MR) is 86.3 cm³/mol. The van der Waals surface area contributed by atoms with Gasteiger partial charge in [-0.15, -0.1) is 0 Å². The lowest BCUT2D eigenvalue weighted by atomic mass is 9.88. The Hall–Kier alpha value is -0.610. The highest BCUT2D eigenvalue weighted by molar-refractivity contribution is 6.30. The normalized spacial score (nSPS) is 14.5. The van der Waals surface area contributed by atoms with Gasteiger partial charge in [0.2, 0.25) is 0 Å². The fraction of sp³-hybridized carbons (Fsp3) is 0.625. The zero-order chi connectivity index (χ0) is 15.0. The van der Waals surface area contributed by atoms with Gasteiger partial charge in [0.15, 0.2) is 0 Å². The van der Waals surface area contributed by atoms with Gasteiger partial charge in [0, 0.05) is 18.1 Å². The van der Waals surface area contributed by atoms with Crippen molar-refractivity contribution in [2.45, 2.75) is 32.7 Å². The van der Waals surface area contributed by atoms with Crippen LogP contribution in [0.25, 0.3) is 0 Å². The molecule has 20 heavy (non-hydrogen) atoms. The molecule has 0 aliphatic rings. The van der Waals surface area contributed by atoms with E-state index >= 15 is 0 Å². The fourth-order valence-electron chi connectivity index (χ4n) is 2.47. The number of nitrogens with one attached hydrogen (secondary N) is 1. The molecule has 0 aliphatic carbocycles. The van der Waals surface area contributed by atoms with Gasteiger partial charge in [-0.2, -0.15) is 0 Å². The molecule has 0 saturated carbocycles. The number of aliphatic hydroxyl groups is 1. The van der Waals surface area contributed by atoms with Crippen molar-refractivity contribution < 1.29 is 5.11 Å². The van der Waals surface area contributed by atoms with Gasteiger partial charge in [0.25, 0.3) is 0 Å². The molecule has 1 unspecified atom stereocenters. The molecule has 1 atom stereocenters. The van der Waals surface area contributed by atoms with Crippen molar-refractivity contribution in [3.8, 4) is 0 Å². The molecular weight excluding hydrogens is 272 g/mol. The van der Waals surface area contributed by atoms with Gasteiger partial charge < -0.3 is 15.3 Å². The van der Waals surface area contributed by atoms with Crippen LogP contribution in [-0.4, -0.2) is 42.8 Å². The summed E-state index contributed by atoms with van der Waals surface area (Å²) >= 11 is 6.08. The van der Waals surface area contributed by atoms with Gasteiger partial charge in [-0.25, -0.2) is 0 Å². The summed E-state index contributed by atoms with van der Waals surface area (Å²) in [4.78, 5) is 2.36. The van der Waals surface area contributed by atoms with E-state index in [1.54, 1.807) is 0 Å². The third-order valence-electron chi connectivity index (χ3n) is 4.04. The van der Waals surface area contributed by atoms with Crippen molar-refractivity contribution in [1.29, 1.82) is 0 Å². The summed E-state index contributed by atoms with van der Waals surface area (Å²) in [6.45, 7) is 10.4. The van der Waals surface area contributed by atoms with Crippen LogP contribution >= 0.6 is 11.6 Å². The second kappa shape index (κ2) is 8.63. The molecule has 0 bridgehead atoms. The first-order chi connectivity index (χ1) is 9.61. The molecule has 2 N–H and O–H groups in total. The summed E-state index contributed by atoms with van der Waals surface area (Å²) in [5.74, 6) is 0. The van der Waals surface area contributed by atoms with Crippen molar-refractivity contribution in [3.63, 3.8) is 0 Å². The van der Waals surface area contributed by atoms with E-state index in [-0.39, 0.29) is 6.61 Å². The highest BCUT2D eigenvalue weighted by Crippen LogP contribution is 2.26. The van der Waals surface area contributed by atoms with E-state index in [0.717, 1.165) is 38.2 Å². The molecule has 0 saturated heterocycles. The number of halogens is 1. The molecule has 0 radical (unpaired) electrons. The Morgan fingerprint density at radius 2 is 1.95 bits per heavy atom. The maximum absolute atomic E-state index is 9.88. The van der Waals surface area contributed by atoms with Crippen LogP contribution in [0.2, 0.25) is 5.02 Å². The van der Waals surface area contributed by atoms with Crippen molar-refractivity contribution in [2.75, 3.05) is 32.8 Å². The second-order valence-corrected chi connectivity index (χ2v) is 5.49. The zero-order valence-electron chi connectivity index (χ0n) is 12.8. The minimum Gasteiger partial charge on any atom is -0.394 e. The van der Waals surface area contributed by atoms with Crippen LogP contribution in [0.3, 0.4) is 0 Å². The third-order valence-corrected chi connectivity index (χ3v) is 4.27. The summed E-state index contributed by atoms with van der Waals surface area (Å²) in [6.07, 6.45) is 0.822. The highest BCUT2D eigenvalue weighted by atomic mass is 35.5. The molecule has 0 heterocycles. The Morgan fingerprint density at radius 3 is 2.45 bits per heavy atom. The van der Waals surface area contributed by atoms with E-state index in [1.807, 2.05) is 24.3 Å².